The summed E-state index contributed by atoms with van der Waals surface area (Å²) in [7, 11) is 0. The van der Waals surface area contributed by atoms with Gasteiger partial charge in [-0.25, -0.2) is 4.98 Å². The summed E-state index contributed by atoms with van der Waals surface area (Å²) in [6.07, 6.45) is 2.79. The zero-order valence-electron chi connectivity index (χ0n) is 10.9. The van der Waals surface area contributed by atoms with Crippen LogP contribution in [0.3, 0.4) is 0 Å². The third kappa shape index (κ3) is 2.20. The van der Waals surface area contributed by atoms with Gasteiger partial charge in [0.25, 0.3) is 5.56 Å². The van der Waals surface area contributed by atoms with E-state index in [-0.39, 0.29) is 18.0 Å². The van der Waals surface area contributed by atoms with Crippen molar-refractivity contribution in [3.63, 3.8) is 0 Å². The number of halogens is 1. The SMILES string of the molecule is Cl.N#Cc1c(-c2ccco2)n(CCN)c2c(=O)[nH]cnc12. The van der Waals surface area contributed by atoms with Gasteiger partial charge in [-0.05, 0) is 12.1 Å². The topological polar surface area (TPSA) is 114 Å². The molecule has 0 saturated carbocycles. The van der Waals surface area contributed by atoms with Crippen molar-refractivity contribution < 1.29 is 4.42 Å². The number of hydrogen-bond donors (Lipinski definition) is 2. The van der Waals surface area contributed by atoms with Gasteiger partial charge in [-0.1, -0.05) is 0 Å². The molecule has 0 fully saturated rings. The minimum Gasteiger partial charge on any atom is -0.463 e. The van der Waals surface area contributed by atoms with E-state index in [4.69, 9.17) is 10.2 Å². The monoisotopic (exact) mass is 305 g/mol. The van der Waals surface area contributed by atoms with Crippen LogP contribution in [0.4, 0.5) is 0 Å². The normalized spacial score (nSPS) is 10.3. The van der Waals surface area contributed by atoms with Gasteiger partial charge in [0, 0.05) is 13.1 Å². The highest BCUT2D eigenvalue weighted by molar-refractivity contribution is 5.90. The van der Waals surface area contributed by atoms with E-state index in [0.717, 1.165) is 0 Å². The number of nitrogens with zero attached hydrogens (tertiary/aromatic N) is 3. The molecule has 8 heteroatoms. The first-order valence-corrected chi connectivity index (χ1v) is 6.02. The maximum Gasteiger partial charge on any atom is 0.275 e. The molecule has 3 aromatic heterocycles. The molecule has 0 amide bonds. The largest absolute Gasteiger partial charge is 0.463 e. The summed E-state index contributed by atoms with van der Waals surface area (Å²) in [5, 5.41) is 9.40. The van der Waals surface area contributed by atoms with Crippen LogP contribution >= 0.6 is 12.4 Å². The molecule has 21 heavy (non-hydrogen) atoms. The molecule has 0 saturated heterocycles. The average molecular weight is 306 g/mol. The smallest absolute Gasteiger partial charge is 0.275 e. The van der Waals surface area contributed by atoms with E-state index in [9.17, 15) is 10.1 Å². The van der Waals surface area contributed by atoms with Crippen LogP contribution in [0, 0.1) is 11.3 Å². The summed E-state index contributed by atoms with van der Waals surface area (Å²) in [4.78, 5) is 18.6. The number of nitrogens with one attached hydrogen (secondary N) is 1. The summed E-state index contributed by atoms with van der Waals surface area (Å²) >= 11 is 0. The van der Waals surface area contributed by atoms with E-state index >= 15 is 0 Å². The summed E-state index contributed by atoms with van der Waals surface area (Å²) in [5.74, 6) is 0.507. The van der Waals surface area contributed by atoms with Gasteiger partial charge in [0.05, 0.1) is 12.6 Å². The van der Waals surface area contributed by atoms with Gasteiger partial charge in [-0.3, -0.25) is 4.79 Å². The number of hydrogen-bond acceptors (Lipinski definition) is 5. The van der Waals surface area contributed by atoms with Crippen LogP contribution in [0.25, 0.3) is 22.5 Å². The first kappa shape index (κ1) is 14.8. The van der Waals surface area contributed by atoms with E-state index < -0.39 is 0 Å². The number of nitriles is 1. The predicted molar refractivity (Wildman–Crippen MR) is 79.1 cm³/mol. The van der Waals surface area contributed by atoms with Crippen LogP contribution in [0.15, 0.2) is 33.9 Å². The Morgan fingerprint density at radius 3 is 2.95 bits per heavy atom. The van der Waals surface area contributed by atoms with Gasteiger partial charge in [-0.2, -0.15) is 5.26 Å². The quantitative estimate of drug-likeness (QED) is 0.755. The van der Waals surface area contributed by atoms with E-state index in [1.54, 1.807) is 16.7 Å². The summed E-state index contributed by atoms with van der Waals surface area (Å²) in [6, 6.07) is 5.55. The van der Waals surface area contributed by atoms with Crippen molar-refractivity contribution in [2.45, 2.75) is 6.54 Å². The van der Waals surface area contributed by atoms with Crippen LogP contribution in [-0.2, 0) is 6.54 Å². The second kappa shape index (κ2) is 5.83. The fourth-order valence-corrected chi connectivity index (χ4v) is 2.31. The Labute approximate surface area is 125 Å². The van der Waals surface area contributed by atoms with Gasteiger partial charge < -0.3 is 19.7 Å². The van der Waals surface area contributed by atoms with Crippen LogP contribution in [-0.4, -0.2) is 21.1 Å². The molecule has 0 bridgehead atoms. The molecule has 3 N–H and O–H groups in total. The Hall–Kier alpha value is -2.56. The number of aromatic nitrogens is 3. The van der Waals surface area contributed by atoms with Crippen molar-refractivity contribution in [3.05, 3.63) is 40.6 Å². The molecular formula is C13H12ClN5O2. The van der Waals surface area contributed by atoms with Crippen molar-refractivity contribution in [3.8, 4) is 17.5 Å². The van der Waals surface area contributed by atoms with Crippen molar-refractivity contribution >= 4 is 23.4 Å². The summed E-state index contributed by atoms with van der Waals surface area (Å²) in [5.41, 5.74) is 6.84. The number of H-pyrrole nitrogens is 1. The van der Waals surface area contributed by atoms with E-state index in [2.05, 4.69) is 16.0 Å². The molecular weight excluding hydrogens is 294 g/mol. The molecule has 3 aromatic rings. The van der Waals surface area contributed by atoms with Crippen molar-refractivity contribution in [1.29, 1.82) is 5.26 Å². The second-order valence-electron chi connectivity index (χ2n) is 4.18. The molecule has 0 spiro atoms. The standard InChI is InChI=1S/C13H11N5O2.ClH/c14-3-4-18-11(9-2-1-5-20-9)8(6-15)10-12(18)13(19)17-7-16-10;/h1-2,5,7H,3-4,14H2,(H,16,17,19);1H. The Balaban J connectivity index is 0.00000161. The van der Waals surface area contributed by atoms with E-state index in [1.165, 1.54) is 12.6 Å². The highest BCUT2D eigenvalue weighted by Gasteiger charge is 2.22. The lowest BCUT2D eigenvalue weighted by atomic mass is 10.2. The predicted octanol–water partition coefficient (Wildman–Crippen LogP) is 1.24. The van der Waals surface area contributed by atoms with Crippen LogP contribution < -0.4 is 11.3 Å². The van der Waals surface area contributed by atoms with Crippen molar-refractivity contribution in [2.75, 3.05) is 6.54 Å². The maximum absolute atomic E-state index is 12.0. The Bertz CT molecular complexity index is 857. The molecule has 0 unspecified atom stereocenters. The number of furan rings is 1. The molecule has 0 aliphatic heterocycles. The van der Waals surface area contributed by atoms with Gasteiger partial charge in [0.2, 0.25) is 0 Å². The van der Waals surface area contributed by atoms with Crippen LogP contribution in [0.1, 0.15) is 5.56 Å². The average Bonchev–Trinajstić information content (AvgIpc) is 3.05. The molecule has 0 atom stereocenters. The minimum absolute atomic E-state index is 0. The highest BCUT2D eigenvalue weighted by Crippen LogP contribution is 2.30. The Morgan fingerprint density at radius 1 is 1.52 bits per heavy atom. The second-order valence-corrected chi connectivity index (χ2v) is 4.18. The summed E-state index contributed by atoms with van der Waals surface area (Å²) < 4.78 is 7.04. The van der Waals surface area contributed by atoms with Gasteiger partial charge in [0.15, 0.2) is 5.76 Å². The lowest BCUT2D eigenvalue weighted by molar-refractivity contribution is 0.573. The minimum atomic E-state index is -0.308. The molecule has 0 aromatic carbocycles. The fraction of sp³-hybridized carbons (Fsp3) is 0.154. The molecule has 7 nitrogen and oxygen atoms in total. The molecule has 0 aliphatic rings. The van der Waals surface area contributed by atoms with E-state index in [0.29, 0.717) is 41.1 Å². The summed E-state index contributed by atoms with van der Waals surface area (Å²) in [6.45, 7) is 0.722. The third-order valence-corrected chi connectivity index (χ3v) is 3.06. The zero-order chi connectivity index (χ0) is 14.1. The Kier molecular flexibility index (Phi) is 4.12. The number of nitrogens with two attached hydrogens (primary N) is 1. The molecule has 3 rings (SSSR count). The fourth-order valence-electron chi connectivity index (χ4n) is 2.31. The van der Waals surface area contributed by atoms with Crippen molar-refractivity contribution in [1.82, 2.24) is 14.5 Å². The molecule has 0 radical (unpaired) electrons. The van der Waals surface area contributed by atoms with Gasteiger partial charge in [-0.15, -0.1) is 12.4 Å². The highest BCUT2D eigenvalue weighted by atomic mass is 35.5. The maximum atomic E-state index is 12.0. The lowest BCUT2D eigenvalue weighted by Gasteiger charge is -2.06. The van der Waals surface area contributed by atoms with Gasteiger partial charge >= 0.3 is 0 Å². The van der Waals surface area contributed by atoms with Crippen molar-refractivity contribution in [2.24, 2.45) is 5.73 Å². The Morgan fingerprint density at radius 2 is 2.33 bits per heavy atom. The molecule has 0 aliphatic carbocycles. The molecule has 3 heterocycles. The molecule has 108 valence electrons. The van der Waals surface area contributed by atoms with Gasteiger partial charge in [0.1, 0.15) is 28.4 Å². The first-order chi connectivity index (χ1) is 9.77. The third-order valence-electron chi connectivity index (χ3n) is 3.06. The van der Waals surface area contributed by atoms with Crippen LogP contribution in [0.5, 0.6) is 0 Å². The number of aromatic amines is 1. The zero-order valence-corrected chi connectivity index (χ0v) is 11.7. The van der Waals surface area contributed by atoms with E-state index in [1.807, 2.05) is 0 Å². The lowest BCUT2D eigenvalue weighted by Crippen LogP contribution is -2.16. The van der Waals surface area contributed by atoms with Crippen LogP contribution in [0.2, 0.25) is 0 Å². The number of rotatable bonds is 3. The number of fused-ring (bicyclic) bond motifs is 1. The first-order valence-electron chi connectivity index (χ1n) is 6.02.